The van der Waals surface area contributed by atoms with Crippen LogP contribution < -0.4 is 11.1 Å². The Balaban J connectivity index is 1.39. The minimum Gasteiger partial charge on any atom is -0.384 e. The number of amides is 2. The van der Waals surface area contributed by atoms with Crippen LogP contribution in [0, 0.1) is 34.8 Å². The number of carbonyl (C=O) groups is 1. The van der Waals surface area contributed by atoms with E-state index in [0.29, 0.717) is 25.2 Å². The molecule has 2 heterocycles. The van der Waals surface area contributed by atoms with Crippen LogP contribution in [0.1, 0.15) is 16.7 Å². The third kappa shape index (κ3) is 4.74. The summed E-state index contributed by atoms with van der Waals surface area (Å²) in [5, 5.41) is 24.3. The maximum atomic E-state index is 13.6. The highest BCUT2D eigenvalue weighted by molar-refractivity contribution is 5.89. The number of carbonyl (C=O) groups excluding carboxylic acids is 1. The molecule has 0 aromatic heterocycles. The second-order valence-corrected chi connectivity index (χ2v) is 10.2. The van der Waals surface area contributed by atoms with E-state index >= 15 is 0 Å². The Morgan fingerprint density at radius 3 is 2.26 bits per heavy atom. The van der Waals surface area contributed by atoms with Gasteiger partial charge in [0.25, 0.3) is 0 Å². The first-order chi connectivity index (χ1) is 18.2. The van der Waals surface area contributed by atoms with Crippen molar-refractivity contribution in [1.29, 1.82) is 5.26 Å². The lowest BCUT2D eigenvalue weighted by Gasteiger charge is -2.55. The van der Waals surface area contributed by atoms with Gasteiger partial charge in [0.05, 0.1) is 11.6 Å². The van der Waals surface area contributed by atoms with Gasteiger partial charge in [-0.15, -0.1) is 0 Å². The Morgan fingerprint density at radius 2 is 1.68 bits per heavy atom. The predicted octanol–water partition coefficient (Wildman–Crippen LogP) is 3.88. The number of benzene rings is 3. The third-order valence-corrected chi connectivity index (χ3v) is 7.69. The molecule has 2 fully saturated rings. The van der Waals surface area contributed by atoms with Crippen LogP contribution in [0.15, 0.2) is 60.7 Å². The molecule has 5 rings (SSSR count). The number of piperidine rings is 2. The summed E-state index contributed by atoms with van der Waals surface area (Å²) in [5.74, 6) is -2.10. The molecule has 0 spiro atoms. The molecule has 3 aromatic carbocycles. The zero-order chi connectivity index (χ0) is 27.0. The fourth-order valence-electron chi connectivity index (χ4n) is 5.88. The van der Waals surface area contributed by atoms with Gasteiger partial charge in [0.15, 0.2) is 0 Å². The van der Waals surface area contributed by atoms with Gasteiger partial charge in [-0.3, -0.25) is 0 Å². The Labute approximate surface area is 220 Å². The van der Waals surface area contributed by atoms with Gasteiger partial charge in [-0.05, 0) is 47.5 Å². The number of nitrogens with zero attached hydrogens (tertiary/aromatic N) is 3. The summed E-state index contributed by atoms with van der Waals surface area (Å²) >= 11 is 0. The largest absolute Gasteiger partial charge is 0.384 e. The van der Waals surface area contributed by atoms with Gasteiger partial charge in [-0.2, -0.15) is 5.26 Å². The molecule has 2 aliphatic rings. The quantitative estimate of drug-likeness (QED) is 0.487. The van der Waals surface area contributed by atoms with E-state index in [1.165, 1.54) is 0 Å². The normalized spacial score (nSPS) is 23.1. The molecule has 2 amide bonds. The summed E-state index contributed by atoms with van der Waals surface area (Å²) in [5.41, 5.74) is 8.43. The number of likely N-dealkylation sites (tertiary alicyclic amines) is 2. The van der Waals surface area contributed by atoms with Crippen molar-refractivity contribution in [3.63, 3.8) is 0 Å². The number of hydrogen-bond acceptors (Lipinski definition) is 5. The Bertz CT molecular complexity index is 1370. The minimum atomic E-state index is -1.16. The van der Waals surface area contributed by atoms with E-state index in [2.05, 4.69) is 16.3 Å². The molecule has 2 aliphatic heterocycles. The number of nitriles is 1. The Hall–Kier alpha value is -3.84. The van der Waals surface area contributed by atoms with E-state index in [1.54, 1.807) is 11.0 Å². The molecule has 2 unspecified atom stereocenters. The van der Waals surface area contributed by atoms with Crippen LogP contribution in [0.5, 0.6) is 0 Å². The zero-order valence-electron chi connectivity index (χ0n) is 21.0. The van der Waals surface area contributed by atoms with Gasteiger partial charge in [-0.25, -0.2) is 13.6 Å². The summed E-state index contributed by atoms with van der Waals surface area (Å²) in [6.45, 7) is 2.06. The maximum absolute atomic E-state index is 13.6. The number of hydrogen-bond donors (Lipinski definition) is 3. The summed E-state index contributed by atoms with van der Waals surface area (Å²) < 4.78 is 27.2. The van der Waals surface area contributed by atoms with Gasteiger partial charge in [0, 0.05) is 56.3 Å². The molecule has 38 heavy (non-hydrogen) atoms. The van der Waals surface area contributed by atoms with Crippen LogP contribution in [0.4, 0.5) is 19.3 Å². The monoisotopic (exact) mass is 517 g/mol. The Kier molecular flexibility index (Phi) is 6.88. The van der Waals surface area contributed by atoms with Crippen molar-refractivity contribution in [3.8, 4) is 17.2 Å². The third-order valence-electron chi connectivity index (χ3n) is 7.69. The lowest BCUT2D eigenvalue weighted by molar-refractivity contribution is -0.153. The molecule has 2 atom stereocenters. The van der Waals surface area contributed by atoms with Crippen molar-refractivity contribution in [2.75, 3.05) is 38.5 Å². The molecule has 4 N–H and O–H groups in total. The molecular formula is C29H29F2N5O2. The highest BCUT2D eigenvalue weighted by Gasteiger charge is 2.53. The van der Waals surface area contributed by atoms with Crippen LogP contribution in [0.25, 0.3) is 11.1 Å². The molecule has 0 saturated carbocycles. The number of anilines is 1. The van der Waals surface area contributed by atoms with E-state index in [1.807, 2.05) is 43.4 Å². The van der Waals surface area contributed by atoms with Gasteiger partial charge in [0.2, 0.25) is 0 Å². The number of nitrogens with one attached hydrogen (secondary N) is 1. The number of urea groups is 1. The zero-order valence-corrected chi connectivity index (χ0v) is 21.0. The first-order valence-electron chi connectivity index (χ1n) is 12.5. The van der Waals surface area contributed by atoms with Gasteiger partial charge < -0.3 is 26.0 Å². The standard InChI is InChI=1S/C29H29F2N5O2/c1-35-14-22-16-36(28(37)34-26-10-24(30)9-25(31)11-26)17-23(15-35)29(22,38)21-5-3-19(4-6-21)27-7-2-18(12-32)8-20(27)13-33/h2-11,22-23,38H,12,14-17,32H2,1H3,(H,34,37). The number of aliphatic hydroxyl groups is 1. The first-order valence-corrected chi connectivity index (χ1v) is 12.5. The highest BCUT2D eigenvalue weighted by Crippen LogP contribution is 2.45. The van der Waals surface area contributed by atoms with Crippen LogP contribution in [0.3, 0.4) is 0 Å². The van der Waals surface area contributed by atoms with Gasteiger partial charge in [-0.1, -0.05) is 36.4 Å². The van der Waals surface area contributed by atoms with Crippen LogP contribution in [0.2, 0.25) is 0 Å². The van der Waals surface area contributed by atoms with Gasteiger partial charge in [0.1, 0.15) is 17.2 Å². The van der Waals surface area contributed by atoms with Crippen molar-refractivity contribution >= 4 is 11.7 Å². The second-order valence-electron chi connectivity index (χ2n) is 10.2. The molecule has 2 saturated heterocycles. The molecule has 2 bridgehead atoms. The van der Waals surface area contributed by atoms with Crippen LogP contribution >= 0.6 is 0 Å². The van der Waals surface area contributed by atoms with E-state index in [4.69, 9.17) is 5.73 Å². The first kappa shape index (κ1) is 25.8. The summed E-state index contributed by atoms with van der Waals surface area (Å²) in [6, 6.07) is 17.8. The highest BCUT2D eigenvalue weighted by atomic mass is 19.1. The fraction of sp³-hybridized carbons (Fsp3) is 0.310. The lowest BCUT2D eigenvalue weighted by atomic mass is 9.66. The number of fused-ring (bicyclic) bond motifs is 2. The van der Waals surface area contributed by atoms with Crippen molar-refractivity contribution in [2.24, 2.45) is 17.6 Å². The minimum absolute atomic E-state index is 0.0439. The summed E-state index contributed by atoms with van der Waals surface area (Å²) in [6.07, 6.45) is 0. The molecule has 0 aliphatic carbocycles. The van der Waals surface area contributed by atoms with Crippen molar-refractivity contribution in [1.82, 2.24) is 9.80 Å². The SMILES string of the molecule is CN1CC2CN(C(=O)Nc3cc(F)cc(F)c3)CC(C1)C2(O)c1ccc(-c2ccc(CN)cc2C#N)cc1. The topological polar surface area (TPSA) is 106 Å². The second kappa shape index (κ2) is 10.1. The smallest absolute Gasteiger partial charge is 0.321 e. The summed E-state index contributed by atoms with van der Waals surface area (Å²) in [7, 11) is 1.99. The molecule has 7 nitrogen and oxygen atoms in total. The Morgan fingerprint density at radius 1 is 1.05 bits per heavy atom. The van der Waals surface area contributed by atoms with Gasteiger partial charge >= 0.3 is 6.03 Å². The maximum Gasteiger partial charge on any atom is 0.321 e. The lowest BCUT2D eigenvalue weighted by Crippen LogP contribution is -2.65. The average Bonchev–Trinajstić information content (AvgIpc) is 2.88. The van der Waals surface area contributed by atoms with Crippen LogP contribution in [-0.2, 0) is 12.1 Å². The number of rotatable bonds is 4. The number of nitrogens with two attached hydrogens (primary N) is 1. The number of halogens is 2. The molecular weight excluding hydrogens is 488 g/mol. The van der Waals surface area contributed by atoms with Crippen molar-refractivity contribution in [3.05, 3.63) is 89.0 Å². The van der Waals surface area contributed by atoms with Crippen molar-refractivity contribution in [2.45, 2.75) is 12.1 Å². The van der Waals surface area contributed by atoms with E-state index < -0.39 is 23.3 Å². The van der Waals surface area contributed by atoms with Crippen LogP contribution in [-0.4, -0.2) is 54.2 Å². The predicted molar refractivity (Wildman–Crippen MR) is 140 cm³/mol. The van der Waals surface area contributed by atoms with E-state index in [9.17, 15) is 23.9 Å². The van der Waals surface area contributed by atoms with E-state index in [0.717, 1.165) is 40.5 Å². The summed E-state index contributed by atoms with van der Waals surface area (Å²) in [4.78, 5) is 16.7. The fourth-order valence-corrected chi connectivity index (χ4v) is 5.88. The average molecular weight is 518 g/mol. The molecule has 0 radical (unpaired) electrons. The van der Waals surface area contributed by atoms with E-state index in [-0.39, 0.29) is 30.6 Å². The van der Waals surface area contributed by atoms with Crippen molar-refractivity contribution < 1.29 is 18.7 Å². The molecule has 9 heteroatoms. The molecule has 196 valence electrons. The molecule has 3 aromatic rings.